The second kappa shape index (κ2) is 7.57. The molecule has 1 aromatic heterocycles. The van der Waals surface area contributed by atoms with Crippen molar-refractivity contribution in [1.29, 1.82) is 0 Å². The van der Waals surface area contributed by atoms with Gasteiger partial charge in [-0.1, -0.05) is 20.8 Å². The second-order valence-electron chi connectivity index (χ2n) is 6.22. The van der Waals surface area contributed by atoms with E-state index in [9.17, 15) is 4.79 Å². The predicted molar refractivity (Wildman–Crippen MR) is 92.2 cm³/mol. The SMILES string of the molecule is CC(C)(C)c1nc(CC(=O)Nc2ccc(OCCO)cc2)cs1. The van der Waals surface area contributed by atoms with Crippen LogP contribution in [0.3, 0.4) is 0 Å². The van der Waals surface area contributed by atoms with Gasteiger partial charge in [0.15, 0.2) is 0 Å². The number of amides is 1. The van der Waals surface area contributed by atoms with Crippen molar-refractivity contribution >= 4 is 22.9 Å². The van der Waals surface area contributed by atoms with E-state index in [2.05, 4.69) is 31.1 Å². The van der Waals surface area contributed by atoms with Crippen molar-refractivity contribution in [3.63, 3.8) is 0 Å². The van der Waals surface area contributed by atoms with Crippen molar-refractivity contribution in [3.8, 4) is 5.75 Å². The zero-order chi connectivity index (χ0) is 16.9. The first kappa shape index (κ1) is 17.4. The highest BCUT2D eigenvalue weighted by Crippen LogP contribution is 2.25. The lowest BCUT2D eigenvalue weighted by molar-refractivity contribution is -0.115. The van der Waals surface area contributed by atoms with Crippen molar-refractivity contribution in [2.75, 3.05) is 18.5 Å². The monoisotopic (exact) mass is 334 g/mol. The van der Waals surface area contributed by atoms with Gasteiger partial charge >= 0.3 is 0 Å². The van der Waals surface area contributed by atoms with Gasteiger partial charge in [-0.15, -0.1) is 11.3 Å². The van der Waals surface area contributed by atoms with Crippen molar-refractivity contribution in [1.82, 2.24) is 4.98 Å². The van der Waals surface area contributed by atoms with E-state index in [1.165, 1.54) is 0 Å². The van der Waals surface area contributed by atoms with Crippen molar-refractivity contribution in [3.05, 3.63) is 40.3 Å². The first-order valence-corrected chi connectivity index (χ1v) is 8.35. The molecular formula is C17H22N2O3S. The summed E-state index contributed by atoms with van der Waals surface area (Å²) in [5, 5.41) is 14.5. The first-order chi connectivity index (χ1) is 10.9. The van der Waals surface area contributed by atoms with Crippen LogP contribution in [0.25, 0.3) is 0 Å². The predicted octanol–water partition coefficient (Wildman–Crippen LogP) is 2.99. The third-order valence-electron chi connectivity index (χ3n) is 3.03. The van der Waals surface area contributed by atoms with Crippen molar-refractivity contribution in [2.45, 2.75) is 32.6 Å². The molecule has 0 fully saturated rings. The number of nitrogens with zero attached hydrogens (tertiary/aromatic N) is 1. The Labute approximate surface area is 140 Å². The van der Waals surface area contributed by atoms with E-state index in [1.54, 1.807) is 35.6 Å². The Morgan fingerprint density at radius 3 is 2.57 bits per heavy atom. The molecule has 0 aliphatic heterocycles. The van der Waals surface area contributed by atoms with Gasteiger partial charge in [0.25, 0.3) is 0 Å². The molecule has 0 aliphatic rings. The zero-order valence-electron chi connectivity index (χ0n) is 13.6. The van der Waals surface area contributed by atoms with Crippen molar-refractivity contribution in [2.24, 2.45) is 0 Å². The largest absolute Gasteiger partial charge is 0.491 e. The van der Waals surface area contributed by atoms with Crippen LogP contribution in [0.1, 0.15) is 31.5 Å². The lowest BCUT2D eigenvalue weighted by Gasteiger charge is -2.13. The lowest BCUT2D eigenvalue weighted by atomic mass is 9.98. The Bertz CT molecular complexity index is 645. The summed E-state index contributed by atoms with van der Waals surface area (Å²) in [4.78, 5) is 16.6. The minimum atomic E-state index is -0.0974. The minimum absolute atomic E-state index is 0.00376. The standard InChI is InChI=1S/C17H22N2O3S/c1-17(2,3)16-19-13(11-23-16)10-15(21)18-12-4-6-14(7-5-12)22-9-8-20/h4-7,11,20H,8-10H2,1-3H3,(H,18,21). The summed E-state index contributed by atoms with van der Waals surface area (Å²) in [6.07, 6.45) is 0.259. The number of nitrogens with one attached hydrogen (secondary N) is 1. The van der Waals surface area contributed by atoms with Crippen LogP contribution in [0.5, 0.6) is 5.75 Å². The Kier molecular flexibility index (Phi) is 5.74. The Morgan fingerprint density at radius 2 is 2.00 bits per heavy atom. The van der Waals surface area contributed by atoms with E-state index in [0.717, 1.165) is 10.7 Å². The van der Waals surface area contributed by atoms with E-state index in [-0.39, 0.29) is 31.0 Å². The molecule has 2 rings (SSSR count). The van der Waals surface area contributed by atoms with Crippen LogP contribution in [-0.4, -0.2) is 29.2 Å². The number of aliphatic hydroxyl groups excluding tert-OH is 1. The highest BCUT2D eigenvalue weighted by molar-refractivity contribution is 7.09. The molecule has 1 aromatic carbocycles. The molecule has 2 aromatic rings. The third kappa shape index (κ3) is 5.33. The van der Waals surface area contributed by atoms with Gasteiger partial charge in [0.1, 0.15) is 12.4 Å². The minimum Gasteiger partial charge on any atom is -0.491 e. The quantitative estimate of drug-likeness (QED) is 0.852. The van der Waals surface area contributed by atoms with Gasteiger partial charge in [-0.2, -0.15) is 0 Å². The summed E-state index contributed by atoms with van der Waals surface area (Å²) < 4.78 is 5.27. The molecule has 1 heterocycles. The van der Waals surface area contributed by atoms with E-state index in [0.29, 0.717) is 11.4 Å². The number of rotatable bonds is 6. The highest BCUT2D eigenvalue weighted by Gasteiger charge is 2.18. The van der Waals surface area contributed by atoms with Crippen LogP contribution in [0.4, 0.5) is 5.69 Å². The van der Waals surface area contributed by atoms with Gasteiger partial charge in [-0.05, 0) is 24.3 Å². The van der Waals surface area contributed by atoms with E-state index in [1.807, 2.05) is 5.38 Å². The van der Waals surface area contributed by atoms with Crippen LogP contribution in [-0.2, 0) is 16.6 Å². The number of thiazole rings is 1. The first-order valence-electron chi connectivity index (χ1n) is 7.47. The average molecular weight is 334 g/mol. The molecule has 0 radical (unpaired) electrons. The van der Waals surface area contributed by atoms with Gasteiger partial charge in [0, 0.05) is 16.5 Å². The maximum absolute atomic E-state index is 12.1. The molecule has 0 aliphatic carbocycles. The fraction of sp³-hybridized carbons (Fsp3) is 0.412. The average Bonchev–Trinajstić information content (AvgIpc) is 2.95. The molecule has 124 valence electrons. The highest BCUT2D eigenvalue weighted by atomic mass is 32.1. The third-order valence-corrected chi connectivity index (χ3v) is 4.35. The van der Waals surface area contributed by atoms with E-state index >= 15 is 0 Å². The summed E-state index contributed by atoms with van der Waals surface area (Å²) in [7, 11) is 0. The van der Waals surface area contributed by atoms with Gasteiger partial charge in [0.2, 0.25) is 5.91 Å². The van der Waals surface area contributed by atoms with E-state index < -0.39 is 0 Å². The van der Waals surface area contributed by atoms with Gasteiger partial charge in [0.05, 0.1) is 23.7 Å². The Balaban J connectivity index is 1.90. The second-order valence-corrected chi connectivity index (χ2v) is 7.07. The van der Waals surface area contributed by atoms with Gasteiger partial charge < -0.3 is 15.2 Å². The normalized spacial score (nSPS) is 11.3. The molecule has 0 atom stereocenters. The van der Waals surface area contributed by atoms with E-state index in [4.69, 9.17) is 9.84 Å². The van der Waals surface area contributed by atoms with Gasteiger partial charge in [-0.25, -0.2) is 4.98 Å². The summed E-state index contributed by atoms with van der Waals surface area (Å²) in [5.41, 5.74) is 1.50. The van der Waals surface area contributed by atoms with Crippen LogP contribution in [0, 0.1) is 0 Å². The number of aliphatic hydroxyl groups is 1. The Morgan fingerprint density at radius 1 is 1.30 bits per heavy atom. The maximum atomic E-state index is 12.1. The molecule has 0 saturated carbocycles. The van der Waals surface area contributed by atoms with Gasteiger partial charge in [-0.3, -0.25) is 4.79 Å². The lowest BCUT2D eigenvalue weighted by Crippen LogP contribution is -2.15. The number of hydrogen-bond donors (Lipinski definition) is 2. The molecule has 5 nitrogen and oxygen atoms in total. The smallest absolute Gasteiger partial charge is 0.230 e. The summed E-state index contributed by atoms with van der Waals surface area (Å²) in [6, 6.07) is 7.05. The molecule has 0 spiro atoms. The molecule has 6 heteroatoms. The summed E-state index contributed by atoms with van der Waals surface area (Å²) >= 11 is 1.59. The van der Waals surface area contributed by atoms with Crippen molar-refractivity contribution < 1.29 is 14.6 Å². The number of ether oxygens (including phenoxy) is 1. The van der Waals surface area contributed by atoms with Crippen LogP contribution in [0.15, 0.2) is 29.6 Å². The molecular weight excluding hydrogens is 312 g/mol. The fourth-order valence-corrected chi connectivity index (χ4v) is 2.81. The molecule has 23 heavy (non-hydrogen) atoms. The zero-order valence-corrected chi connectivity index (χ0v) is 14.4. The molecule has 2 N–H and O–H groups in total. The number of benzene rings is 1. The topological polar surface area (TPSA) is 71.5 Å². The molecule has 0 bridgehead atoms. The summed E-state index contributed by atoms with van der Waals surface area (Å²) in [6.45, 7) is 6.55. The molecule has 0 unspecified atom stereocenters. The fourth-order valence-electron chi connectivity index (χ4n) is 1.90. The number of aromatic nitrogens is 1. The number of hydrogen-bond acceptors (Lipinski definition) is 5. The number of carbonyl (C=O) groups excluding carboxylic acids is 1. The number of carbonyl (C=O) groups is 1. The number of anilines is 1. The molecule has 1 amide bonds. The summed E-state index contributed by atoms with van der Waals surface area (Å²) in [5.74, 6) is 0.561. The maximum Gasteiger partial charge on any atom is 0.230 e. The molecule has 0 saturated heterocycles. The Hall–Kier alpha value is -1.92. The van der Waals surface area contributed by atoms with Crippen LogP contribution >= 0.6 is 11.3 Å². The van der Waals surface area contributed by atoms with Crippen LogP contribution < -0.4 is 10.1 Å². The van der Waals surface area contributed by atoms with Crippen LogP contribution in [0.2, 0.25) is 0 Å².